The average molecular weight is 252 g/mol. The first-order valence-electron chi connectivity index (χ1n) is 6.31. The van der Waals surface area contributed by atoms with Crippen LogP contribution in [0.4, 0.5) is 5.69 Å². The van der Waals surface area contributed by atoms with Crippen LogP contribution in [0.5, 0.6) is 5.75 Å². The summed E-state index contributed by atoms with van der Waals surface area (Å²) in [6, 6.07) is 19.4. The van der Waals surface area contributed by atoms with Crippen molar-refractivity contribution in [2.75, 3.05) is 18.5 Å². The van der Waals surface area contributed by atoms with E-state index in [4.69, 9.17) is 10.00 Å². The van der Waals surface area contributed by atoms with Crippen LogP contribution in [-0.4, -0.2) is 13.2 Å². The Hall–Kier alpha value is -2.47. The van der Waals surface area contributed by atoms with Gasteiger partial charge >= 0.3 is 0 Å². The molecule has 0 spiro atoms. The highest BCUT2D eigenvalue weighted by Crippen LogP contribution is 2.13. The van der Waals surface area contributed by atoms with Crippen molar-refractivity contribution in [3.05, 3.63) is 60.2 Å². The Bertz CT molecular complexity index is 546. The van der Waals surface area contributed by atoms with Gasteiger partial charge in [-0.15, -0.1) is 0 Å². The first-order valence-corrected chi connectivity index (χ1v) is 6.31. The first kappa shape index (κ1) is 13.0. The smallest absolute Gasteiger partial charge is 0.119 e. The Morgan fingerprint density at radius 1 is 1.00 bits per heavy atom. The summed E-state index contributed by atoms with van der Waals surface area (Å²) in [7, 11) is 0. The van der Waals surface area contributed by atoms with E-state index in [1.807, 2.05) is 54.6 Å². The van der Waals surface area contributed by atoms with Crippen LogP contribution < -0.4 is 10.1 Å². The molecule has 0 atom stereocenters. The number of nitrogens with zero attached hydrogens (tertiary/aromatic N) is 1. The van der Waals surface area contributed by atoms with Gasteiger partial charge in [-0.05, 0) is 30.7 Å². The molecule has 3 heteroatoms. The Kier molecular flexibility index (Phi) is 4.83. The van der Waals surface area contributed by atoms with Gasteiger partial charge in [0, 0.05) is 6.54 Å². The Balaban J connectivity index is 1.71. The van der Waals surface area contributed by atoms with Crippen molar-refractivity contribution in [2.24, 2.45) is 0 Å². The molecule has 0 radical (unpaired) electrons. The molecule has 19 heavy (non-hydrogen) atoms. The van der Waals surface area contributed by atoms with Crippen molar-refractivity contribution in [2.45, 2.75) is 6.42 Å². The predicted molar refractivity (Wildman–Crippen MR) is 76.2 cm³/mol. The Morgan fingerprint density at radius 2 is 1.74 bits per heavy atom. The zero-order valence-corrected chi connectivity index (χ0v) is 10.7. The number of hydrogen-bond acceptors (Lipinski definition) is 3. The second-order valence-corrected chi connectivity index (χ2v) is 4.10. The molecule has 2 aromatic rings. The fourth-order valence-electron chi connectivity index (χ4n) is 1.74. The van der Waals surface area contributed by atoms with Crippen LogP contribution >= 0.6 is 0 Å². The van der Waals surface area contributed by atoms with Crippen molar-refractivity contribution in [1.82, 2.24) is 0 Å². The molecule has 0 saturated heterocycles. The minimum atomic E-state index is 0.658. The van der Waals surface area contributed by atoms with E-state index in [1.54, 1.807) is 0 Å². The number of ether oxygens (including phenoxy) is 1. The van der Waals surface area contributed by atoms with Crippen LogP contribution in [0.2, 0.25) is 0 Å². The number of para-hydroxylation sites is 2. The third-order valence-electron chi connectivity index (χ3n) is 2.70. The normalized spacial score (nSPS) is 9.63. The van der Waals surface area contributed by atoms with E-state index in [9.17, 15) is 0 Å². The number of rotatable bonds is 6. The second kappa shape index (κ2) is 7.07. The van der Waals surface area contributed by atoms with Gasteiger partial charge in [0.05, 0.1) is 17.9 Å². The molecule has 0 amide bonds. The van der Waals surface area contributed by atoms with Crippen molar-refractivity contribution < 1.29 is 4.74 Å². The lowest BCUT2D eigenvalue weighted by atomic mass is 10.2. The van der Waals surface area contributed by atoms with Crippen molar-refractivity contribution in [1.29, 1.82) is 5.26 Å². The van der Waals surface area contributed by atoms with Crippen LogP contribution in [0, 0.1) is 11.3 Å². The summed E-state index contributed by atoms with van der Waals surface area (Å²) in [4.78, 5) is 0. The van der Waals surface area contributed by atoms with Gasteiger partial charge in [-0.25, -0.2) is 0 Å². The van der Waals surface area contributed by atoms with E-state index in [0.29, 0.717) is 12.2 Å². The van der Waals surface area contributed by atoms with Gasteiger partial charge in [-0.3, -0.25) is 0 Å². The fraction of sp³-hybridized carbons (Fsp3) is 0.188. The summed E-state index contributed by atoms with van der Waals surface area (Å²) in [6.45, 7) is 1.44. The molecule has 2 aromatic carbocycles. The summed E-state index contributed by atoms with van der Waals surface area (Å²) in [5.41, 5.74) is 1.55. The molecule has 0 saturated carbocycles. The Morgan fingerprint density at radius 3 is 2.53 bits per heavy atom. The number of nitriles is 1. The number of nitrogens with one attached hydrogen (secondary N) is 1. The third-order valence-corrected chi connectivity index (χ3v) is 2.70. The van der Waals surface area contributed by atoms with Gasteiger partial charge in [0.25, 0.3) is 0 Å². The maximum absolute atomic E-state index is 8.96. The number of benzene rings is 2. The van der Waals surface area contributed by atoms with Gasteiger partial charge in [0.15, 0.2) is 0 Å². The summed E-state index contributed by atoms with van der Waals surface area (Å²) in [5, 5.41) is 12.2. The zero-order valence-electron chi connectivity index (χ0n) is 10.7. The molecule has 0 aliphatic rings. The minimum absolute atomic E-state index is 0.658. The molecule has 0 bridgehead atoms. The van der Waals surface area contributed by atoms with Crippen LogP contribution in [0.25, 0.3) is 0 Å². The first-order chi connectivity index (χ1) is 9.40. The van der Waals surface area contributed by atoms with E-state index < -0.39 is 0 Å². The lowest BCUT2D eigenvalue weighted by Gasteiger charge is -2.09. The second-order valence-electron chi connectivity index (χ2n) is 4.10. The van der Waals surface area contributed by atoms with Gasteiger partial charge in [-0.2, -0.15) is 5.26 Å². The molecule has 0 fully saturated rings. The summed E-state index contributed by atoms with van der Waals surface area (Å²) in [5.74, 6) is 0.889. The largest absolute Gasteiger partial charge is 0.494 e. The third kappa shape index (κ3) is 4.04. The van der Waals surface area contributed by atoms with Crippen LogP contribution in [0.1, 0.15) is 12.0 Å². The molecule has 96 valence electrons. The van der Waals surface area contributed by atoms with Crippen LogP contribution in [0.3, 0.4) is 0 Å². The highest BCUT2D eigenvalue weighted by molar-refractivity contribution is 5.56. The maximum Gasteiger partial charge on any atom is 0.119 e. The lowest BCUT2D eigenvalue weighted by molar-refractivity contribution is 0.315. The van der Waals surface area contributed by atoms with Gasteiger partial charge in [-0.1, -0.05) is 30.3 Å². The molecular weight excluding hydrogens is 236 g/mol. The summed E-state index contributed by atoms with van der Waals surface area (Å²) < 4.78 is 5.60. The summed E-state index contributed by atoms with van der Waals surface area (Å²) >= 11 is 0. The summed E-state index contributed by atoms with van der Waals surface area (Å²) in [6.07, 6.45) is 0.884. The molecule has 1 N–H and O–H groups in total. The lowest BCUT2D eigenvalue weighted by Crippen LogP contribution is -2.08. The van der Waals surface area contributed by atoms with Gasteiger partial charge in [0.2, 0.25) is 0 Å². The van der Waals surface area contributed by atoms with E-state index in [1.165, 1.54) is 0 Å². The standard InChI is InChI=1S/C16H16N2O/c17-13-14-7-4-5-10-16(14)18-11-6-12-19-15-8-2-1-3-9-15/h1-5,7-10,18H,6,11-12H2. The highest BCUT2D eigenvalue weighted by Gasteiger charge is 1.99. The van der Waals surface area contributed by atoms with E-state index in [0.717, 1.165) is 24.4 Å². The van der Waals surface area contributed by atoms with Crippen molar-refractivity contribution in [3.8, 4) is 11.8 Å². The van der Waals surface area contributed by atoms with Crippen molar-refractivity contribution in [3.63, 3.8) is 0 Å². The minimum Gasteiger partial charge on any atom is -0.494 e. The molecule has 0 aliphatic carbocycles. The molecular formula is C16H16N2O. The van der Waals surface area contributed by atoms with Crippen LogP contribution in [-0.2, 0) is 0 Å². The molecule has 3 nitrogen and oxygen atoms in total. The molecule has 0 aliphatic heterocycles. The van der Waals surface area contributed by atoms with Gasteiger partial charge in [0.1, 0.15) is 11.8 Å². The average Bonchev–Trinajstić information content (AvgIpc) is 2.48. The molecule has 0 heterocycles. The van der Waals surface area contributed by atoms with Crippen molar-refractivity contribution >= 4 is 5.69 Å². The number of anilines is 1. The van der Waals surface area contributed by atoms with E-state index >= 15 is 0 Å². The molecule has 0 aromatic heterocycles. The Labute approximate surface area is 113 Å². The van der Waals surface area contributed by atoms with Crippen LogP contribution in [0.15, 0.2) is 54.6 Å². The molecule has 2 rings (SSSR count). The SMILES string of the molecule is N#Cc1ccccc1NCCCOc1ccccc1. The topological polar surface area (TPSA) is 45.0 Å². The quantitative estimate of drug-likeness (QED) is 0.801. The zero-order chi connectivity index (χ0) is 13.3. The van der Waals surface area contributed by atoms with Gasteiger partial charge < -0.3 is 10.1 Å². The predicted octanol–water partition coefficient (Wildman–Crippen LogP) is 3.44. The molecule has 0 unspecified atom stereocenters. The number of hydrogen-bond donors (Lipinski definition) is 1. The monoisotopic (exact) mass is 252 g/mol. The fourth-order valence-corrected chi connectivity index (χ4v) is 1.74. The highest BCUT2D eigenvalue weighted by atomic mass is 16.5. The maximum atomic E-state index is 8.96. The van der Waals surface area contributed by atoms with E-state index in [2.05, 4.69) is 11.4 Å². The van der Waals surface area contributed by atoms with E-state index in [-0.39, 0.29) is 0 Å².